The first kappa shape index (κ1) is 12.2. The summed E-state index contributed by atoms with van der Waals surface area (Å²) in [6.07, 6.45) is 10.7. The molecule has 0 unspecified atom stereocenters. The van der Waals surface area contributed by atoms with E-state index in [0.29, 0.717) is 0 Å². The number of amidine groups is 1. The molecule has 2 rings (SSSR count). The van der Waals surface area contributed by atoms with Crippen LogP contribution in [0.4, 0.5) is 0 Å². The van der Waals surface area contributed by atoms with Crippen LogP contribution in [-0.2, 0) is 11.2 Å². The molecule has 0 aliphatic heterocycles. The molecule has 0 radical (unpaired) electrons. The zero-order valence-corrected chi connectivity index (χ0v) is 10.3. The van der Waals surface area contributed by atoms with Gasteiger partial charge in [-0.15, -0.1) is 0 Å². The van der Waals surface area contributed by atoms with Crippen molar-refractivity contribution >= 4 is 12.1 Å². The van der Waals surface area contributed by atoms with Crippen LogP contribution in [0.3, 0.4) is 0 Å². The zero-order valence-electron chi connectivity index (χ0n) is 10.3. The lowest BCUT2D eigenvalue weighted by Gasteiger charge is -1.99. The number of ether oxygens (including phenoxy) is 1. The van der Waals surface area contributed by atoms with Crippen molar-refractivity contribution in [2.75, 3.05) is 7.05 Å². The molecule has 3 heteroatoms. The zero-order chi connectivity index (χ0) is 12.8. The summed E-state index contributed by atoms with van der Waals surface area (Å²) in [5.41, 5.74) is 9.10. The number of rotatable bonds is 2. The largest absolute Gasteiger partial charge is 0.434 e. The van der Waals surface area contributed by atoms with Gasteiger partial charge in [-0.3, -0.25) is 0 Å². The van der Waals surface area contributed by atoms with Gasteiger partial charge in [-0.05, 0) is 29.2 Å². The van der Waals surface area contributed by atoms with Crippen LogP contribution in [-0.4, -0.2) is 13.1 Å². The maximum Gasteiger partial charge on any atom is 0.286 e. The maximum atomic E-state index is 5.43. The van der Waals surface area contributed by atoms with Crippen molar-refractivity contribution in [3.05, 3.63) is 65.5 Å². The Morgan fingerprint density at radius 2 is 2.17 bits per heavy atom. The van der Waals surface area contributed by atoms with Crippen molar-refractivity contribution in [3.63, 3.8) is 0 Å². The van der Waals surface area contributed by atoms with Gasteiger partial charge in [-0.25, -0.2) is 4.99 Å². The molecule has 18 heavy (non-hydrogen) atoms. The van der Waals surface area contributed by atoms with Gasteiger partial charge in [0.2, 0.25) is 0 Å². The number of aliphatic imine (C=N–C) groups is 1. The molecule has 0 atom stereocenters. The van der Waals surface area contributed by atoms with E-state index in [9.17, 15) is 0 Å². The van der Waals surface area contributed by atoms with Gasteiger partial charge < -0.3 is 10.5 Å². The van der Waals surface area contributed by atoms with Crippen LogP contribution < -0.4 is 5.73 Å². The molecule has 0 bridgehead atoms. The van der Waals surface area contributed by atoms with Crippen LogP contribution in [0.15, 0.2) is 59.3 Å². The molecule has 1 aliphatic rings. The van der Waals surface area contributed by atoms with E-state index in [-0.39, 0.29) is 6.02 Å². The number of nitrogens with zero attached hydrogens (tertiary/aromatic N) is 1. The molecule has 92 valence electrons. The van der Waals surface area contributed by atoms with Gasteiger partial charge >= 0.3 is 0 Å². The van der Waals surface area contributed by atoms with Gasteiger partial charge in [0, 0.05) is 7.05 Å². The average molecular weight is 240 g/mol. The molecule has 1 aromatic carbocycles. The SMILES string of the molecule is CN=C(N)O/C=C/C1=CCc2ccccc2C=C1. The number of allylic oxidation sites excluding steroid dienone is 4. The fourth-order valence-corrected chi connectivity index (χ4v) is 1.72. The molecule has 2 N–H and O–H groups in total. The lowest BCUT2D eigenvalue weighted by Crippen LogP contribution is -2.12. The minimum atomic E-state index is 0.160. The third-order valence-corrected chi connectivity index (χ3v) is 2.74. The highest BCUT2D eigenvalue weighted by atomic mass is 16.5. The Morgan fingerprint density at radius 1 is 1.33 bits per heavy atom. The molecule has 0 saturated carbocycles. The van der Waals surface area contributed by atoms with E-state index in [4.69, 9.17) is 10.5 Å². The van der Waals surface area contributed by atoms with E-state index in [1.165, 1.54) is 11.1 Å². The minimum Gasteiger partial charge on any atom is -0.434 e. The molecule has 0 fully saturated rings. The van der Waals surface area contributed by atoms with E-state index >= 15 is 0 Å². The third-order valence-electron chi connectivity index (χ3n) is 2.74. The van der Waals surface area contributed by atoms with Crippen molar-refractivity contribution in [2.45, 2.75) is 6.42 Å². The number of fused-ring (bicyclic) bond motifs is 1. The predicted molar refractivity (Wildman–Crippen MR) is 75.0 cm³/mol. The lowest BCUT2D eigenvalue weighted by atomic mass is 10.1. The minimum absolute atomic E-state index is 0.160. The molecule has 0 saturated heterocycles. The highest BCUT2D eigenvalue weighted by molar-refractivity contribution is 5.71. The Hall–Kier alpha value is -2.29. The summed E-state index contributed by atoms with van der Waals surface area (Å²) in [6.45, 7) is 0. The molecular weight excluding hydrogens is 224 g/mol. The van der Waals surface area contributed by atoms with Gasteiger partial charge in [0.15, 0.2) is 0 Å². The van der Waals surface area contributed by atoms with Crippen molar-refractivity contribution in [1.29, 1.82) is 0 Å². The molecule has 0 amide bonds. The highest BCUT2D eigenvalue weighted by Crippen LogP contribution is 2.18. The monoisotopic (exact) mass is 240 g/mol. The Balaban J connectivity index is 2.08. The van der Waals surface area contributed by atoms with Crippen LogP contribution in [0.5, 0.6) is 0 Å². The van der Waals surface area contributed by atoms with Gasteiger partial charge in [0.1, 0.15) is 0 Å². The Labute approximate surface area is 107 Å². The standard InChI is InChI=1S/C15H16N2O/c1-17-15(16)18-11-10-12-6-8-13-4-2-3-5-14(13)9-7-12/h2-8,10-11H,9H2,1H3,(H2,16,17)/b11-10+. The first-order valence-corrected chi connectivity index (χ1v) is 5.81. The number of hydrogen-bond acceptors (Lipinski definition) is 2. The summed E-state index contributed by atoms with van der Waals surface area (Å²) in [6, 6.07) is 8.52. The van der Waals surface area contributed by atoms with Gasteiger partial charge in [0.25, 0.3) is 6.02 Å². The summed E-state index contributed by atoms with van der Waals surface area (Å²) in [5.74, 6) is 0. The molecule has 0 heterocycles. The molecule has 1 aromatic rings. The van der Waals surface area contributed by atoms with Gasteiger partial charge in [0.05, 0.1) is 6.26 Å². The van der Waals surface area contributed by atoms with Crippen LogP contribution in [0, 0.1) is 0 Å². The first-order chi connectivity index (χ1) is 8.79. The fourth-order valence-electron chi connectivity index (χ4n) is 1.72. The fraction of sp³-hybridized carbons (Fsp3) is 0.133. The second-order valence-electron chi connectivity index (χ2n) is 3.92. The lowest BCUT2D eigenvalue weighted by molar-refractivity contribution is 0.463. The van der Waals surface area contributed by atoms with Crippen LogP contribution in [0.25, 0.3) is 6.08 Å². The van der Waals surface area contributed by atoms with Crippen molar-refractivity contribution in [1.82, 2.24) is 0 Å². The van der Waals surface area contributed by atoms with Crippen LogP contribution in [0.2, 0.25) is 0 Å². The molecular formula is C15H16N2O. The number of benzene rings is 1. The molecule has 1 aliphatic carbocycles. The normalized spacial score (nSPS) is 15.2. The summed E-state index contributed by atoms with van der Waals surface area (Å²) < 4.78 is 5.08. The van der Waals surface area contributed by atoms with Crippen LogP contribution in [0.1, 0.15) is 11.1 Å². The third kappa shape index (κ3) is 3.10. The molecule has 0 spiro atoms. The summed E-state index contributed by atoms with van der Waals surface area (Å²) >= 11 is 0. The predicted octanol–water partition coefficient (Wildman–Crippen LogP) is 2.66. The Morgan fingerprint density at radius 3 is 3.00 bits per heavy atom. The second-order valence-corrected chi connectivity index (χ2v) is 3.92. The van der Waals surface area contributed by atoms with Crippen molar-refractivity contribution in [2.24, 2.45) is 10.7 Å². The summed E-state index contributed by atoms with van der Waals surface area (Å²) in [5, 5.41) is 0. The Kier molecular flexibility index (Phi) is 3.97. The number of nitrogens with two attached hydrogens (primary N) is 1. The smallest absolute Gasteiger partial charge is 0.286 e. The van der Waals surface area contributed by atoms with Crippen molar-refractivity contribution in [3.8, 4) is 0 Å². The van der Waals surface area contributed by atoms with E-state index in [1.54, 1.807) is 13.3 Å². The summed E-state index contributed by atoms with van der Waals surface area (Å²) in [4.78, 5) is 3.71. The quantitative estimate of drug-likeness (QED) is 0.491. The highest BCUT2D eigenvalue weighted by Gasteiger charge is 2.01. The molecule has 0 aromatic heterocycles. The number of hydrogen-bond donors (Lipinski definition) is 1. The van der Waals surface area contributed by atoms with Crippen molar-refractivity contribution < 1.29 is 4.74 Å². The summed E-state index contributed by atoms with van der Waals surface area (Å²) in [7, 11) is 1.59. The van der Waals surface area contributed by atoms with E-state index in [0.717, 1.165) is 12.0 Å². The topological polar surface area (TPSA) is 47.6 Å². The van der Waals surface area contributed by atoms with E-state index in [1.807, 2.05) is 12.1 Å². The average Bonchev–Trinajstić information content (AvgIpc) is 2.61. The maximum absolute atomic E-state index is 5.43. The molecule has 3 nitrogen and oxygen atoms in total. The van der Waals surface area contributed by atoms with Gasteiger partial charge in [-0.1, -0.05) is 42.5 Å². The Bertz CT molecular complexity index is 539. The van der Waals surface area contributed by atoms with E-state index < -0.39 is 0 Å². The second kappa shape index (κ2) is 5.87. The van der Waals surface area contributed by atoms with Gasteiger partial charge in [-0.2, -0.15) is 0 Å². The van der Waals surface area contributed by atoms with Crippen LogP contribution >= 0.6 is 0 Å². The first-order valence-electron chi connectivity index (χ1n) is 5.81. The van der Waals surface area contributed by atoms with E-state index in [2.05, 4.69) is 41.4 Å².